The first-order valence-electron chi connectivity index (χ1n) is 8.40. The molecular weight excluding hydrogens is 356 g/mol. The van der Waals surface area contributed by atoms with E-state index in [1.54, 1.807) is 11.8 Å². The summed E-state index contributed by atoms with van der Waals surface area (Å²) in [6.07, 6.45) is 0. The second-order valence-corrected chi connectivity index (χ2v) is 7.64. The number of rotatable bonds is 5. The van der Waals surface area contributed by atoms with Crippen molar-refractivity contribution in [3.63, 3.8) is 0 Å². The summed E-state index contributed by atoms with van der Waals surface area (Å²) in [6.45, 7) is 5.24. The summed E-state index contributed by atoms with van der Waals surface area (Å²) >= 11 is 7.31. The van der Waals surface area contributed by atoms with Crippen LogP contribution < -0.4 is 4.90 Å². The van der Waals surface area contributed by atoms with Crippen LogP contribution in [0.3, 0.4) is 0 Å². The lowest BCUT2D eigenvalue weighted by atomic mass is 10.2. The first-order chi connectivity index (χ1) is 12.1. The topological polar surface area (TPSA) is 53.5 Å². The second-order valence-electron chi connectivity index (χ2n) is 5.96. The summed E-state index contributed by atoms with van der Waals surface area (Å²) in [5.41, 5.74) is 1.06. The molecule has 1 saturated heterocycles. The smallest absolute Gasteiger partial charge is 0.324 e. The number of methoxy groups -OCH3 is 1. The Balaban J connectivity index is 1.82. The molecule has 0 radical (unpaired) electrons. The van der Waals surface area contributed by atoms with Gasteiger partial charge in [-0.2, -0.15) is 4.68 Å². The van der Waals surface area contributed by atoms with Crippen molar-refractivity contribution in [2.45, 2.75) is 25.4 Å². The lowest BCUT2D eigenvalue weighted by molar-refractivity contribution is -0.921. The van der Waals surface area contributed by atoms with Crippen molar-refractivity contribution >= 4 is 29.9 Å². The monoisotopic (exact) mass is 379 g/mol. The van der Waals surface area contributed by atoms with E-state index in [0.29, 0.717) is 6.67 Å². The molecule has 3 rings (SSSR count). The molecule has 25 heavy (non-hydrogen) atoms. The highest BCUT2D eigenvalue weighted by atomic mass is 32.2. The van der Waals surface area contributed by atoms with E-state index in [1.807, 2.05) is 35.0 Å². The van der Waals surface area contributed by atoms with Crippen LogP contribution in [0.15, 0.2) is 30.3 Å². The molecule has 2 heterocycles. The van der Waals surface area contributed by atoms with E-state index in [9.17, 15) is 4.79 Å². The fraction of sp³-hybridized carbons (Fsp3) is 0.471. The van der Waals surface area contributed by atoms with Crippen molar-refractivity contribution in [3.05, 3.63) is 35.1 Å². The Morgan fingerprint density at radius 2 is 2.20 bits per heavy atom. The quantitative estimate of drug-likeness (QED) is 0.626. The van der Waals surface area contributed by atoms with Crippen molar-refractivity contribution in [1.29, 1.82) is 0 Å². The predicted octanol–water partition coefficient (Wildman–Crippen LogP) is 1.23. The van der Waals surface area contributed by atoms with Gasteiger partial charge in [0.05, 0.1) is 13.7 Å². The van der Waals surface area contributed by atoms with Gasteiger partial charge in [-0.25, -0.2) is 0 Å². The molecule has 0 amide bonds. The minimum absolute atomic E-state index is 0.107. The van der Waals surface area contributed by atoms with Crippen LogP contribution in [0.25, 0.3) is 11.4 Å². The summed E-state index contributed by atoms with van der Waals surface area (Å²) in [5.74, 6) is 1.68. The molecule has 8 heteroatoms. The maximum atomic E-state index is 11.8. The zero-order chi connectivity index (χ0) is 17.8. The Labute approximate surface area is 156 Å². The molecule has 2 aromatic rings. The van der Waals surface area contributed by atoms with E-state index in [2.05, 4.69) is 11.5 Å². The molecule has 1 aliphatic heterocycles. The van der Waals surface area contributed by atoms with Crippen LogP contribution in [0.4, 0.5) is 0 Å². The number of hydrogen-bond acceptors (Lipinski definition) is 5. The average Bonchev–Trinajstić information content (AvgIpc) is 2.97. The van der Waals surface area contributed by atoms with E-state index in [-0.39, 0.29) is 11.2 Å². The van der Waals surface area contributed by atoms with Gasteiger partial charge in [-0.15, -0.1) is 16.9 Å². The van der Waals surface area contributed by atoms with Gasteiger partial charge in [-0.05, 0) is 19.1 Å². The number of quaternary nitrogens is 1. The van der Waals surface area contributed by atoms with Gasteiger partial charge in [0.25, 0.3) is 0 Å². The molecule has 2 atom stereocenters. The van der Waals surface area contributed by atoms with Crippen molar-refractivity contribution in [1.82, 2.24) is 14.3 Å². The van der Waals surface area contributed by atoms with Gasteiger partial charge in [0.1, 0.15) is 6.54 Å². The van der Waals surface area contributed by atoms with Crippen LogP contribution in [0.5, 0.6) is 0 Å². The third kappa shape index (κ3) is 3.96. The van der Waals surface area contributed by atoms with Crippen LogP contribution in [0, 0.1) is 4.77 Å². The van der Waals surface area contributed by atoms with Crippen LogP contribution in [0.2, 0.25) is 0 Å². The van der Waals surface area contributed by atoms with Crippen LogP contribution >= 0.6 is 24.0 Å². The number of nitrogens with one attached hydrogen (secondary N) is 1. The number of thioether (sulfide) groups is 1. The highest BCUT2D eigenvalue weighted by molar-refractivity contribution is 8.00. The minimum Gasteiger partial charge on any atom is -0.468 e. The summed E-state index contributed by atoms with van der Waals surface area (Å²) in [7, 11) is 1.45. The molecule has 1 unspecified atom stereocenters. The molecule has 0 spiro atoms. The predicted molar refractivity (Wildman–Crippen MR) is 101 cm³/mol. The minimum atomic E-state index is -0.144. The fourth-order valence-electron chi connectivity index (χ4n) is 3.04. The summed E-state index contributed by atoms with van der Waals surface area (Å²) in [4.78, 5) is 13.1. The maximum absolute atomic E-state index is 11.8. The first-order valence-corrected chi connectivity index (χ1v) is 9.85. The van der Waals surface area contributed by atoms with E-state index >= 15 is 0 Å². The SMILES string of the molecule is CCn1c(-c2ccccc2)nn(C[NH+]2CCS[C@H](C(=O)OC)C2)c1=S. The Kier molecular flexibility index (Phi) is 5.93. The van der Waals surface area contributed by atoms with Gasteiger partial charge in [0, 0.05) is 17.9 Å². The second kappa shape index (κ2) is 8.16. The Hall–Kier alpha value is -1.64. The van der Waals surface area contributed by atoms with Crippen molar-refractivity contribution in [2.24, 2.45) is 0 Å². The standard InChI is InChI=1S/C17H22N4O2S2/c1-3-20-15(13-7-5-4-6-8-13)18-21(17(20)24)12-19-9-10-25-14(11-19)16(22)23-2/h4-8,14H,3,9-12H2,1-2H3/p+1/t14-/m0/s1. The van der Waals surface area contributed by atoms with Gasteiger partial charge in [0.2, 0.25) is 4.77 Å². The molecule has 0 saturated carbocycles. The van der Waals surface area contributed by atoms with E-state index in [4.69, 9.17) is 22.1 Å². The fourth-order valence-corrected chi connectivity index (χ4v) is 4.63. The molecule has 0 aliphatic carbocycles. The number of esters is 1. The van der Waals surface area contributed by atoms with Gasteiger partial charge >= 0.3 is 5.97 Å². The number of hydrogen-bond donors (Lipinski definition) is 1. The highest BCUT2D eigenvalue weighted by Gasteiger charge is 2.30. The van der Waals surface area contributed by atoms with E-state index in [0.717, 1.165) is 41.5 Å². The van der Waals surface area contributed by atoms with E-state index < -0.39 is 0 Å². The maximum Gasteiger partial charge on any atom is 0.324 e. The zero-order valence-electron chi connectivity index (χ0n) is 14.5. The first kappa shape index (κ1) is 18.2. The number of benzene rings is 1. The molecule has 6 nitrogen and oxygen atoms in total. The number of aromatic nitrogens is 3. The Bertz CT molecular complexity index is 788. The van der Waals surface area contributed by atoms with Gasteiger partial charge in [-0.1, -0.05) is 30.3 Å². The van der Waals surface area contributed by atoms with E-state index in [1.165, 1.54) is 12.0 Å². The van der Waals surface area contributed by atoms with Gasteiger partial charge in [-0.3, -0.25) is 4.79 Å². The summed E-state index contributed by atoms with van der Waals surface area (Å²) < 4.78 is 9.56. The lowest BCUT2D eigenvalue weighted by Gasteiger charge is -2.27. The number of ether oxygens (including phenoxy) is 1. The molecule has 1 aromatic carbocycles. The molecule has 1 fully saturated rings. The molecule has 1 aromatic heterocycles. The van der Waals surface area contributed by atoms with Crippen molar-refractivity contribution < 1.29 is 14.4 Å². The van der Waals surface area contributed by atoms with Crippen LogP contribution in [0.1, 0.15) is 6.92 Å². The molecule has 1 N–H and O–H groups in total. The van der Waals surface area contributed by atoms with Crippen molar-refractivity contribution in [3.8, 4) is 11.4 Å². The highest BCUT2D eigenvalue weighted by Crippen LogP contribution is 2.18. The lowest BCUT2D eigenvalue weighted by Crippen LogP contribution is -3.14. The Morgan fingerprint density at radius 1 is 1.44 bits per heavy atom. The molecule has 1 aliphatic rings. The zero-order valence-corrected chi connectivity index (χ0v) is 16.1. The molecule has 134 valence electrons. The molecular formula is C17H23N4O2S2+. The summed E-state index contributed by atoms with van der Waals surface area (Å²) in [5, 5.41) is 4.66. The number of nitrogens with zero attached hydrogens (tertiary/aromatic N) is 3. The third-order valence-corrected chi connectivity index (χ3v) is 5.99. The molecule has 0 bridgehead atoms. The number of carbonyl (C=O) groups is 1. The average molecular weight is 380 g/mol. The van der Waals surface area contributed by atoms with Crippen LogP contribution in [-0.4, -0.2) is 51.5 Å². The summed E-state index contributed by atoms with van der Waals surface area (Å²) in [6, 6.07) is 10.1. The van der Waals surface area contributed by atoms with Gasteiger partial charge in [0.15, 0.2) is 17.7 Å². The van der Waals surface area contributed by atoms with Gasteiger partial charge < -0.3 is 14.2 Å². The van der Waals surface area contributed by atoms with Crippen molar-refractivity contribution in [2.75, 3.05) is 26.0 Å². The largest absolute Gasteiger partial charge is 0.468 e. The normalized spacial score (nSPS) is 20.4. The number of carbonyl (C=O) groups excluding carboxylic acids is 1. The Morgan fingerprint density at radius 3 is 2.88 bits per heavy atom. The van der Waals surface area contributed by atoms with Crippen LogP contribution in [-0.2, 0) is 22.7 Å². The third-order valence-electron chi connectivity index (χ3n) is 4.36.